The van der Waals surface area contributed by atoms with Gasteiger partial charge in [-0.2, -0.15) is 0 Å². The Morgan fingerprint density at radius 3 is 2.48 bits per heavy atom. The highest BCUT2D eigenvalue weighted by molar-refractivity contribution is 7.93. The number of nitrogens with one attached hydrogen (secondary N) is 1. The highest BCUT2D eigenvalue weighted by Gasteiger charge is 2.33. The molecule has 1 heterocycles. The quantitative estimate of drug-likeness (QED) is 0.726. The number of hydrogen-bond donors (Lipinski definition) is 1. The van der Waals surface area contributed by atoms with Crippen LogP contribution in [0.1, 0.15) is 12.8 Å². The Hall–Kier alpha value is -2.60. The molecule has 25 heavy (non-hydrogen) atoms. The molecule has 0 aliphatic heterocycles. The average molecular weight is 354 g/mol. The van der Waals surface area contributed by atoms with Gasteiger partial charge in [0.1, 0.15) is 17.2 Å². The largest absolute Gasteiger partial charge is 0.497 e. The van der Waals surface area contributed by atoms with E-state index in [-0.39, 0.29) is 5.25 Å². The third kappa shape index (κ3) is 3.05. The minimum absolute atomic E-state index is 0.0124. The molecule has 5 nitrogen and oxygen atoms in total. The monoisotopic (exact) mass is 354 g/mol. The Kier molecular flexibility index (Phi) is 3.84. The maximum absolute atomic E-state index is 12.5. The van der Waals surface area contributed by atoms with Crippen molar-refractivity contribution in [3.8, 4) is 17.2 Å². The minimum atomic E-state index is -2.68. The Morgan fingerprint density at radius 2 is 1.80 bits per heavy atom. The third-order valence-electron chi connectivity index (χ3n) is 4.31. The molecule has 2 aromatic carbocycles. The fraction of sp³-hybridized carbons (Fsp3) is 0.211. The average Bonchev–Trinajstić information content (AvgIpc) is 3.48. The SMILES string of the molecule is COc1ccc2c(Oc3ccc([S@@](=N)(=O)C4CC4)cc3)ccnc2c1. The van der Waals surface area contributed by atoms with Gasteiger partial charge in [-0.15, -0.1) is 0 Å². The fourth-order valence-corrected chi connectivity index (χ4v) is 4.47. The van der Waals surface area contributed by atoms with Gasteiger partial charge in [0.25, 0.3) is 0 Å². The van der Waals surface area contributed by atoms with Gasteiger partial charge in [0.15, 0.2) is 0 Å². The molecule has 1 aliphatic carbocycles. The number of aromatic nitrogens is 1. The molecule has 1 fully saturated rings. The van der Waals surface area contributed by atoms with Gasteiger partial charge in [0.2, 0.25) is 0 Å². The van der Waals surface area contributed by atoms with Crippen molar-refractivity contribution in [3.63, 3.8) is 0 Å². The van der Waals surface area contributed by atoms with Crippen LogP contribution in [0.25, 0.3) is 10.9 Å². The third-order valence-corrected chi connectivity index (χ3v) is 6.69. The van der Waals surface area contributed by atoms with E-state index in [0.717, 1.165) is 29.5 Å². The van der Waals surface area contributed by atoms with Crippen molar-refractivity contribution in [1.82, 2.24) is 4.98 Å². The number of hydrogen-bond acceptors (Lipinski definition) is 5. The van der Waals surface area contributed by atoms with Crippen molar-refractivity contribution < 1.29 is 13.7 Å². The van der Waals surface area contributed by atoms with Gasteiger partial charge in [-0.3, -0.25) is 4.98 Å². The van der Waals surface area contributed by atoms with Crippen LogP contribution >= 0.6 is 0 Å². The zero-order chi connectivity index (χ0) is 17.4. The zero-order valence-corrected chi connectivity index (χ0v) is 14.6. The normalized spacial score (nSPS) is 16.4. The first-order valence-corrected chi connectivity index (χ1v) is 9.68. The van der Waals surface area contributed by atoms with Crippen LogP contribution < -0.4 is 9.47 Å². The molecule has 128 valence electrons. The van der Waals surface area contributed by atoms with Crippen molar-refractivity contribution in [2.75, 3.05) is 7.11 Å². The summed E-state index contributed by atoms with van der Waals surface area (Å²) in [5, 5.41) is 0.896. The van der Waals surface area contributed by atoms with E-state index >= 15 is 0 Å². The summed E-state index contributed by atoms with van der Waals surface area (Å²) in [5.74, 6) is 2.07. The van der Waals surface area contributed by atoms with Gasteiger partial charge in [-0.25, -0.2) is 8.99 Å². The second-order valence-corrected chi connectivity index (χ2v) is 8.41. The number of pyridine rings is 1. The van der Waals surface area contributed by atoms with E-state index in [1.54, 1.807) is 43.6 Å². The molecule has 1 saturated carbocycles. The summed E-state index contributed by atoms with van der Waals surface area (Å²) in [7, 11) is -1.06. The topological polar surface area (TPSA) is 72.3 Å². The molecule has 1 aliphatic rings. The van der Waals surface area contributed by atoms with Crippen LogP contribution in [0.3, 0.4) is 0 Å². The predicted octanol–water partition coefficient (Wildman–Crippen LogP) is 4.60. The van der Waals surface area contributed by atoms with E-state index in [1.807, 2.05) is 18.2 Å². The molecule has 3 aromatic rings. The first-order valence-electron chi connectivity index (χ1n) is 8.06. The van der Waals surface area contributed by atoms with Gasteiger partial charge >= 0.3 is 0 Å². The summed E-state index contributed by atoms with van der Waals surface area (Å²) in [6.07, 6.45) is 3.45. The van der Waals surface area contributed by atoms with E-state index in [4.69, 9.17) is 14.3 Å². The number of ether oxygens (including phenoxy) is 2. The van der Waals surface area contributed by atoms with Gasteiger partial charge in [-0.05, 0) is 55.3 Å². The van der Waals surface area contributed by atoms with Crippen LogP contribution in [0, 0.1) is 4.78 Å². The van der Waals surface area contributed by atoms with E-state index < -0.39 is 9.73 Å². The van der Waals surface area contributed by atoms with Crippen molar-refractivity contribution in [1.29, 1.82) is 4.78 Å². The zero-order valence-electron chi connectivity index (χ0n) is 13.8. The summed E-state index contributed by atoms with van der Waals surface area (Å²) >= 11 is 0. The summed E-state index contributed by atoms with van der Waals surface area (Å²) in [4.78, 5) is 4.92. The molecule has 1 atom stereocenters. The summed E-state index contributed by atoms with van der Waals surface area (Å²) in [6, 6.07) is 14.4. The molecule has 6 heteroatoms. The smallest absolute Gasteiger partial charge is 0.138 e. The van der Waals surface area contributed by atoms with Crippen LogP contribution in [0.5, 0.6) is 17.2 Å². The number of methoxy groups -OCH3 is 1. The molecule has 0 amide bonds. The lowest BCUT2D eigenvalue weighted by atomic mass is 10.2. The second kappa shape index (κ2) is 6.04. The molecule has 4 rings (SSSR count). The highest BCUT2D eigenvalue weighted by Crippen LogP contribution is 2.35. The molecule has 0 bridgehead atoms. The van der Waals surface area contributed by atoms with Gasteiger partial charge < -0.3 is 9.47 Å². The Bertz CT molecular complexity index is 1030. The Balaban J connectivity index is 1.63. The first kappa shape index (κ1) is 15.9. The number of rotatable bonds is 5. The van der Waals surface area contributed by atoms with E-state index in [9.17, 15) is 4.21 Å². The number of fused-ring (bicyclic) bond motifs is 1. The van der Waals surface area contributed by atoms with Crippen molar-refractivity contribution >= 4 is 20.6 Å². The lowest BCUT2D eigenvalue weighted by molar-refractivity contribution is 0.415. The van der Waals surface area contributed by atoms with Crippen molar-refractivity contribution in [3.05, 3.63) is 54.7 Å². The van der Waals surface area contributed by atoms with Crippen molar-refractivity contribution in [2.45, 2.75) is 23.0 Å². The molecule has 1 N–H and O–H groups in total. The molecule has 0 saturated heterocycles. The molecular weight excluding hydrogens is 336 g/mol. The van der Waals surface area contributed by atoms with Gasteiger partial charge in [-0.1, -0.05) is 0 Å². The first-order chi connectivity index (χ1) is 12.1. The highest BCUT2D eigenvalue weighted by atomic mass is 32.2. The molecule has 0 spiro atoms. The predicted molar refractivity (Wildman–Crippen MR) is 97.0 cm³/mol. The maximum atomic E-state index is 12.5. The van der Waals surface area contributed by atoms with Crippen LogP contribution in [0.15, 0.2) is 59.6 Å². The second-order valence-electron chi connectivity index (χ2n) is 6.07. The van der Waals surface area contributed by atoms with Crippen LogP contribution in [0.4, 0.5) is 0 Å². The summed E-state index contributed by atoms with van der Waals surface area (Å²) in [5.41, 5.74) is 0.788. The van der Waals surface area contributed by atoms with E-state index in [0.29, 0.717) is 16.4 Å². The molecule has 0 radical (unpaired) electrons. The van der Waals surface area contributed by atoms with Crippen LogP contribution in [-0.2, 0) is 9.73 Å². The van der Waals surface area contributed by atoms with Gasteiger partial charge in [0.05, 0.1) is 22.4 Å². The van der Waals surface area contributed by atoms with E-state index in [2.05, 4.69) is 4.98 Å². The lowest BCUT2D eigenvalue weighted by Crippen LogP contribution is -2.04. The van der Waals surface area contributed by atoms with E-state index in [1.165, 1.54) is 0 Å². The number of nitrogens with zero attached hydrogens (tertiary/aromatic N) is 1. The lowest BCUT2D eigenvalue weighted by Gasteiger charge is -2.11. The standard InChI is InChI=1S/C19H18N2O3S/c1-23-14-4-9-17-18(12-14)21-11-10-19(17)24-13-2-5-15(6-3-13)25(20,22)16-7-8-16/h2-6,9-12,16,20H,7-8H2,1H3/t25-/m1/s1. The maximum Gasteiger partial charge on any atom is 0.138 e. The summed E-state index contributed by atoms with van der Waals surface area (Å²) in [6.45, 7) is 0. The Labute approximate surface area is 146 Å². The van der Waals surface area contributed by atoms with Gasteiger partial charge in [0, 0.05) is 27.8 Å². The molecule has 0 unspecified atom stereocenters. The fourth-order valence-electron chi connectivity index (χ4n) is 2.75. The van der Waals surface area contributed by atoms with Crippen LogP contribution in [-0.4, -0.2) is 21.6 Å². The van der Waals surface area contributed by atoms with Crippen molar-refractivity contribution in [2.24, 2.45) is 0 Å². The molecule has 1 aromatic heterocycles. The molecular formula is C19H18N2O3S. The number of benzene rings is 2. The summed E-state index contributed by atoms with van der Waals surface area (Å²) < 4.78 is 31.7. The van der Waals surface area contributed by atoms with Crippen LogP contribution in [0.2, 0.25) is 0 Å². The minimum Gasteiger partial charge on any atom is -0.497 e. The Morgan fingerprint density at radius 1 is 1.08 bits per heavy atom.